The van der Waals surface area contributed by atoms with E-state index >= 15 is 0 Å². The van der Waals surface area contributed by atoms with Crippen molar-refractivity contribution in [2.75, 3.05) is 7.11 Å². The van der Waals surface area contributed by atoms with Crippen molar-refractivity contribution in [3.05, 3.63) is 34.6 Å². The van der Waals surface area contributed by atoms with Crippen molar-refractivity contribution in [1.29, 1.82) is 0 Å². The van der Waals surface area contributed by atoms with Gasteiger partial charge < -0.3 is 10.1 Å². The predicted octanol–water partition coefficient (Wildman–Crippen LogP) is 2.80. The van der Waals surface area contributed by atoms with Crippen molar-refractivity contribution in [1.82, 2.24) is 5.32 Å². The van der Waals surface area contributed by atoms with Gasteiger partial charge in [-0.05, 0) is 24.1 Å². The highest BCUT2D eigenvalue weighted by Crippen LogP contribution is 2.16. The SMILES string of the molecule is CCC(C)C(NC(=O)c1cc(Cl)ccc1F)C(=O)OC. The smallest absolute Gasteiger partial charge is 0.328 e. The first-order chi connectivity index (χ1) is 9.40. The highest BCUT2D eigenvalue weighted by molar-refractivity contribution is 6.31. The number of methoxy groups -OCH3 is 1. The van der Waals surface area contributed by atoms with Crippen LogP contribution in [0.5, 0.6) is 0 Å². The minimum atomic E-state index is -0.823. The molecule has 0 heterocycles. The van der Waals surface area contributed by atoms with Crippen LogP contribution < -0.4 is 5.32 Å². The van der Waals surface area contributed by atoms with Gasteiger partial charge in [-0.15, -0.1) is 0 Å². The molecule has 2 unspecified atom stereocenters. The normalized spacial score (nSPS) is 13.4. The minimum Gasteiger partial charge on any atom is -0.467 e. The van der Waals surface area contributed by atoms with Crippen molar-refractivity contribution < 1.29 is 18.7 Å². The highest BCUT2D eigenvalue weighted by Gasteiger charge is 2.27. The first-order valence-electron chi connectivity index (χ1n) is 6.24. The fraction of sp³-hybridized carbons (Fsp3) is 0.429. The summed E-state index contributed by atoms with van der Waals surface area (Å²) in [5.41, 5.74) is -0.199. The van der Waals surface area contributed by atoms with Crippen molar-refractivity contribution in [3.8, 4) is 0 Å². The molecule has 2 atom stereocenters. The van der Waals surface area contributed by atoms with E-state index in [4.69, 9.17) is 11.6 Å². The number of halogens is 2. The van der Waals surface area contributed by atoms with Crippen molar-refractivity contribution >= 4 is 23.5 Å². The van der Waals surface area contributed by atoms with Crippen LogP contribution in [0, 0.1) is 11.7 Å². The molecule has 110 valence electrons. The summed E-state index contributed by atoms with van der Waals surface area (Å²) in [6.45, 7) is 3.68. The second-order valence-electron chi connectivity index (χ2n) is 4.48. The summed E-state index contributed by atoms with van der Waals surface area (Å²) in [6, 6.07) is 2.85. The Hall–Kier alpha value is -1.62. The van der Waals surface area contributed by atoms with Gasteiger partial charge >= 0.3 is 5.97 Å². The van der Waals surface area contributed by atoms with Gasteiger partial charge in [-0.1, -0.05) is 31.9 Å². The highest BCUT2D eigenvalue weighted by atomic mass is 35.5. The van der Waals surface area contributed by atoms with E-state index in [1.807, 2.05) is 6.92 Å². The molecule has 1 rings (SSSR count). The van der Waals surface area contributed by atoms with Gasteiger partial charge in [0.15, 0.2) is 0 Å². The van der Waals surface area contributed by atoms with Crippen LogP contribution in [0.3, 0.4) is 0 Å². The minimum absolute atomic E-state index is 0.131. The summed E-state index contributed by atoms with van der Waals surface area (Å²) in [6.07, 6.45) is 0.665. The summed E-state index contributed by atoms with van der Waals surface area (Å²) in [7, 11) is 1.24. The average molecular weight is 302 g/mol. The number of esters is 1. The maximum atomic E-state index is 13.6. The lowest BCUT2D eigenvalue weighted by molar-refractivity contribution is -0.144. The molecule has 0 aliphatic carbocycles. The fourth-order valence-corrected chi connectivity index (χ4v) is 1.86. The molecule has 0 radical (unpaired) electrons. The van der Waals surface area contributed by atoms with Gasteiger partial charge in [0.05, 0.1) is 12.7 Å². The van der Waals surface area contributed by atoms with Crippen LogP contribution in [-0.4, -0.2) is 25.0 Å². The van der Waals surface area contributed by atoms with Crippen LogP contribution in [0.25, 0.3) is 0 Å². The Balaban J connectivity index is 2.96. The summed E-state index contributed by atoms with van der Waals surface area (Å²) in [4.78, 5) is 23.7. The zero-order chi connectivity index (χ0) is 15.3. The lowest BCUT2D eigenvalue weighted by Crippen LogP contribution is -2.45. The number of hydrogen-bond donors (Lipinski definition) is 1. The standard InChI is InChI=1S/C14H17ClFNO3/c1-4-8(2)12(14(19)20-3)17-13(18)10-7-9(15)5-6-11(10)16/h5-8,12H,4H2,1-3H3,(H,17,18). The predicted molar refractivity (Wildman–Crippen MR) is 74.1 cm³/mol. The van der Waals surface area contributed by atoms with Crippen LogP contribution in [0.1, 0.15) is 30.6 Å². The molecule has 0 spiro atoms. The molecule has 4 nitrogen and oxygen atoms in total. The van der Waals surface area contributed by atoms with E-state index in [1.54, 1.807) is 6.92 Å². The van der Waals surface area contributed by atoms with E-state index in [2.05, 4.69) is 10.1 Å². The monoisotopic (exact) mass is 301 g/mol. The molecule has 0 saturated carbocycles. The van der Waals surface area contributed by atoms with Gasteiger partial charge in [0, 0.05) is 5.02 Å². The Morgan fingerprint density at radius 1 is 1.45 bits per heavy atom. The average Bonchev–Trinajstić information content (AvgIpc) is 2.45. The molecule has 0 fully saturated rings. The van der Waals surface area contributed by atoms with Crippen molar-refractivity contribution in [3.63, 3.8) is 0 Å². The molecule has 0 aliphatic heterocycles. The lowest BCUT2D eigenvalue weighted by Gasteiger charge is -2.22. The largest absolute Gasteiger partial charge is 0.467 e. The second kappa shape index (κ2) is 7.24. The molecule has 0 bridgehead atoms. The Morgan fingerprint density at radius 2 is 2.10 bits per heavy atom. The van der Waals surface area contributed by atoms with Gasteiger partial charge in [-0.3, -0.25) is 4.79 Å². The number of benzene rings is 1. The first-order valence-corrected chi connectivity index (χ1v) is 6.62. The summed E-state index contributed by atoms with van der Waals surface area (Å²) in [5.74, 6) is -2.08. The quantitative estimate of drug-likeness (QED) is 0.851. The van der Waals surface area contributed by atoms with Gasteiger partial charge in [0.1, 0.15) is 11.9 Å². The van der Waals surface area contributed by atoms with E-state index in [1.165, 1.54) is 19.2 Å². The Bertz CT molecular complexity index is 507. The molecule has 0 aliphatic rings. The third kappa shape index (κ3) is 3.93. The molecule has 0 aromatic heterocycles. The Labute approximate surface area is 122 Å². The van der Waals surface area contributed by atoms with Gasteiger partial charge in [-0.2, -0.15) is 0 Å². The van der Waals surface area contributed by atoms with Gasteiger partial charge in [0.25, 0.3) is 5.91 Å². The maximum absolute atomic E-state index is 13.6. The second-order valence-corrected chi connectivity index (χ2v) is 4.92. The molecular weight excluding hydrogens is 285 g/mol. The molecule has 20 heavy (non-hydrogen) atoms. The number of rotatable bonds is 5. The first kappa shape index (κ1) is 16.4. The van der Waals surface area contributed by atoms with Crippen LogP contribution in [0.2, 0.25) is 5.02 Å². The van der Waals surface area contributed by atoms with E-state index in [0.717, 1.165) is 6.07 Å². The molecule has 1 amide bonds. The Kier molecular flexibility index (Phi) is 5.95. The number of ether oxygens (including phenoxy) is 1. The molecular formula is C14H17ClFNO3. The molecule has 6 heteroatoms. The number of hydrogen-bond acceptors (Lipinski definition) is 3. The molecule has 1 aromatic rings. The van der Waals surface area contributed by atoms with Crippen LogP contribution in [-0.2, 0) is 9.53 Å². The van der Waals surface area contributed by atoms with Gasteiger partial charge in [0.2, 0.25) is 0 Å². The maximum Gasteiger partial charge on any atom is 0.328 e. The Morgan fingerprint density at radius 3 is 2.65 bits per heavy atom. The summed E-state index contributed by atoms with van der Waals surface area (Å²) < 4.78 is 18.3. The zero-order valence-electron chi connectivity index (χ0n) is 11.6. The number of amides is 1. The molecule has 1 aromatic carbocycles. The molecule has 1 N–H and O–H groups in total. The third-order valence-corrected chi connectivity index (χ3v) is 3.36. The van der Waals surface area contributed by atoms with E-state index in [0.29, 0.717) is 6.42 Å². The van der Waals surface area contributed by atoms with E-state index in [-0.39, 0.29) is 16.5 Å². The van der Waals surface area contributed by atoms with Crippen molar-refractivity contribution in [2.24, 2.45) is 5.92 Å². The number of carbonyl (C=O) groups excluding carboxylic acids is 2. The number of nitrogens with one attached hydrogen (secondary N) is 1. The fourth-order valence-electron chi connectivity index (χ4n) is 1.69. The summed E-state index contributed by atoms with van der Waals surface area (Å²) in [5, 5.41) is 2.74. The topological polar surface area (TPSA) is 55.4 Å². The number of carbonyl (C=O) groups is 2. The molecule has 0 saturated heterocycles. The van der Waals surface area contributed by atoms with Crippen molar-refractivity contribution in [2.45, 2.75) is 26.3 Å². The zero-order valence-corrected chi connectivity index (χ0v) is 12.3. The van der Waals surface area contributed by atoms with Crippen LogP contribution in [0.15, 0.2) is 18.2 Å². The van der Waals surface area contributed by atoms with Crippen LogP contribution >= 0.6 is 11.6 Å². The van der Waals surface area contributed by atoms with Crippen LogP contribution in [0.4, 0.5) is 4.39 Å². The lowest BCUT2D eigenvalue weighted by atomic mass is 9.99. The summed E-state index contributed by atoms with van der Waals surface area (Å²) >= 11 is 5.74. The van der Waals surface area contributed by atoms with E-state index < -0.39 is 23.7 Å². The van der Waals surface area contributed by atoms with E-state index in [9.17, 15) is 14.0 Å². The van der Waals surface area contributed by atoms with Gasteiger partial charge in [-0.25, -0.2) is 9.18 Å². The third-order valence-electron chi connectivity index (χ3n) is 3.13.